The maximum atomic E-state index is 2.45. The fraction of sp³-hybridized carbons (Fsp3) is 0.121. The average Bonchev–Trinajstić information content (AvgIpc) is 3.52. The topological polar surface area (TPSA) is 0 Å². The monoisotopic (exact) mass is 542 g/mol. The van der Waals surface area contributed by atoms with Crippen molar-refractivity contribution in [3.05, 3.63) is 146 Å². The number of fused-ring (bicyclic) bond motifs is 3. The van der Waals surface area contributed by atoms with Gasteiger partial charge in [0, 0.05) is 0 Å². The van der Waals surface area contributed by atoms with Gasteiger partial charge in [-0.25, -0.2) is 0 Å². The summed E-state index contributed by atoms with van der Waals surface area (Å²) in [4.78, 5) is 0. The third kappa shape index (κ3) is 4.89. The van der Waals surface area contributed by atoms with Crippen molar-refractivity contribution >= 4 is 7.68 Å². The van der Waals surface area contributed by atoms with Gasteiger partial charge in [-0.3, -0.25) is 0 Å². The number of halogens is 2. The first-order chi connectivity index (χ1) is 16.7. The van der Waals surface area contributed by atoms with Crippen LogP contribution in [-0.4, -0.2) is 3.81 Å². The molecule has 0 amide bonds. The first-order valence-corrected chi connectivity index (χ1v) is 14.5. The summed E-state index contributed by atoms with van der Waals surface area (Å²) in [5, 5.41) is 0. The van der Waals surface area contributed by atoms with E-state index in [1.165, 1.54) is 38.9 Å². The minimum atomic E-state index is -2.09. The van der Waals surface area contributed by atoms with Gasteiger partial charge in [0.2, 0.25) is 0 Å². The molecule has 0 aliphatic heterocycles. The van der Waals surface area contributed by atoms with Crippen molar-refractivity contribution < 1.29 is 42.2 Å². The molecule has 4 aromatic carbocycles. The minimum Gasteiger partial charge on any atom is -1.00 e. The Morgan fingerprint density at radius 2 is 1.28 bits per heavy atom. The van der Waals surface area contributed by atoms with Crippen LogP contribution in [0.5, 0.6) is 0 Å². The van der Waals surface area contributed by atoms with Gasteiger partial charge in [0.15, 0.2) is 0 Å². The third-order valence-electron chi connectivity index (χ3n) is 7.14. The van der Waals surface area contributed by atoms with Crippen molar-refractivity contribution in [3.8, 4) is 11.1 Å². The summed E-state index contributed by atoms with van der Waals surface area (Å²) >= 11 is -2.09. The Labute approximate surface area is 233 Å². The fourth-order valence-electron chi connectivity index (χ4n) is 5.39. The fourth-order valence-corrected chi connectivity index (χ4v) is 10.4. The summed E-state index contributed by atoms with van der Waals surface area (Å²) in [5.41, 5.74) is 11.3. The quantitative estimate of drug-likeness (QED) is 0.300. The number of hydrogen-bond acceptors (Lipinski definition) is 0. The van der Waals surface area contributed by atoms with E-state index in [1.807, 2.05) is 0 Å². The average molecular weight is 543 g/mol. The van der Waals surface area contributed by atoms with Crippen LogP contribution in [0.3, 0.4) is 0 Å². The molecule has 0 bridgehead atoms. The Balaban J connectivity index is 0.00000152. The number of benzene rings is 4. The second-order valence-corrected chi connectivity index (χ2v) is 13.3. The summed E-state index contributed by atoms with van der Waals surface area (Å²) in [5.74, 6) is 0. The van der Waals surface area contributed by atoms with E-state index in [4.69, 9.17) is 0 Å². The zero-order valence-corrected chi connectivity index (χ0v) is 23.6. The molecule has 0 nitrogen and oxygen atoms in total. The van der Waals surface area contributed by atoms with Crippen LogP contribution in [-0.2, 0) is 23.8 Å². The number of rotatable bonds is 4. The van der Waals surface area contributed by atoms with Gasteiger partial charge in [-0.05, 0) is 0 Å². The molecule has 0 saturated carbocycles. The molecule has 0 radical (unpaired) electrons. The summed E-state index contributed by atoms with van der Waals surface area (Å²) in [7, 11) is 0. The predicted octanol–water partition coefficient (Wildman–Crippen LogP) is 1.24. The molecule has 0 unspecified atom stereocenters. The maximum absolute atomic E-state index is 2.45. The van der Waals surface area contributed by atoms with Crippen LogP contribution in [0.15, 0.2) is 113 Å². The maximum Gasteiger partial charge on any atom is -1.00 e. The van der Waals surface area contributed by atoms with Gasteiger partial charge in [-0.2, -0.15) is 0 Å². The Morgan fingerprint density at radius 3 is 1.89 bits per heavy atom. The number of allylic oxidation sites excluding steroid dienone is 4. The Bertz CT molecular complexity index is 1440. The molecule has 0 atom stereocenters. The molecule has 0 aromatic heterocycles. The van der Waals surface area contributed by atoms with E-state index in [9.17, 15) is 0 Å². The predicted molar refractivity (Wildman–Crippen MR) is 142 cm³/mol. The second kappa shape index (κ2) is 11.3. The molecule has 4 aromatic rings. The van der Waals surface area contributed by atoms with E-state index >= 15 is 0 Å². The van der Waals surface area contributed by atoms with Gasteiger partial charge >= 0.3 is 209 Å². The first-order valence-electron chi connectivity index (χ1n) is 12.1. The van der Waals surface area contributed by atoms with Crippen molar-refractivity contribution in [1.29, 1.82) is 0 Å². The molecule has 2 aliphatic rings. The van der Waals surface area contributed by atoms with Gasteiger partial charge in [-0.15, -0.1) is 0 Å². The molecular formula is C33H28Cl2Ti. The molecule has 3 heteroatoms. The Kier molecular flexibility index (Phi) is 8.33. The Morgan fingerprint density at radius 1 is 0.667 bits per heavy atom. The van der Waals surface area contributed by atoms with Crippen LogP contribution < -0.4 is 28.7 Å². The van der Waals surface area contributed by atoms with Gasteiger partial charge in [0.25, 0.3) is 0 Å². The minimum absolute atomic E-state index is 0. The second-order valence-electron chi connectivity index (χ2n) is 9.47. The van der Waals surface area contributed by atoms with Crippen LogP contribution in [0.4, 0.5) is 0 Å². The molecule has 178 valence electrons. The van der Waals surface area contributed by atoms with Crippen LogP contribution in [0, 0.1) is 13.8 Å². The number of hydrogen-bond donors (Lipinski definition) is 0. The molecule has 0 saturated heterocycles. The smallest absolute Gasteiger partial charge is 1.00 e. The molecule has 0 heterocycles. The van der Waals surface area contributed by atoms with Crippen molar-refractivity contribution in [3.63, 3.8) is 0 Å². The van der Waals surface area contributed by atoms with E-state index in [-0.39, 0.29) is 24.8 Å². The third-order valence-corrected chi connectivity index (χ3v) is 12.0. The van der Waals surface area contributed by atoms with Gasteiger partial charge in [-0.1, -0.05) is 0 Å². The van der Waals surface area contributed by atoms with Crippen LogP contribution >= 0.6 is 0 Å². The largest absolute Gasteiger partial charge is 1.00 e. The van der Waals surface area contributed by atoms with E-state index in [0.717, 1.165) is 12.8 Å². The molecule has 0 N–H and O–H groups in total. The first kappa shape index (κ1) is 26.6. The molecule has 6 rings (SSSR count). The van der Waals surface area contributed by atoms with Crippen molar-refractivity contribution in [2.24, 2.45) is 0 Å². The normalized spacial score (nSPS) is 12.4. The summed E-state index contributed by atoms with van der Waals surface area (Å²) in [6.07, 6.45) is 9.14. The standard InChI is InChI=1S/C15H14.C13H9.C5H5.2ClH.Ti/c1-12-3-7-14(8-4-12)11-15-9-5-13(2)6-10-15;1-3-7-12-10(5-1)9-11-6-2-4-8-13(11)12;1-2-4-5-3-1;;;/h3-10H,1-2H3;1-5,7-8H,9H2;1-3H,4H2;2*1H;/q;;;;;+2/p-2. The van der Waals surface area contributed by atoms with Crippen molar-refractivity contribution in [2.45, 2.75) is 26.7 Å². The van der Waals surface area contributed by atoms with Gasteiger partial charge in [0.05, 0.1) is 0 Å². The Hall–Kier alpha value is -2.48. The van der Waals surface area contributed by atoms with Crippen molar-refractivity contribution in [2.75, 3.05) is 0 Å². The van der Waals surface area contributed by atoms with E-state index in [1.54, 1.807) is 17.1 Å². The van der Waals surface area contributed by atoms with Crippen LogP contribution in [0.2, 0.25) is 0 Å². The zero-order valence-electron chi connectivity index (χ0n) is 20.6. The van der Waals surface area contributed by atoms with Gasteiger partial charge < -0.3 is 24.8 Å². The molecule has 0 fully saturated rings. The molecular weight excluding hydrogens is 515 g/mol. The summed E-state index contributed by atoms with van der Waals surface area (Å²) in [6.45, 7) is 4.36. The van der Waals surface area contributed by atoms with Gasteiger partial charge in [0.1, 0.15) is 0 Å². The summed E-state index contributed by atoms with van der Waals surface area (Å²) < 4.78 is 4.82. The van der Waals surface area contributed by atoms with E-state index < -0.39 is 17.4 Å². The number of aryl methyl sites for hydroxylation is 2. The molecule has 36 heavy (non-hydrogen) atoms. The van der Waals surface area contributed by atoms with Crippen molar-refractivity contribution in [1.82, 2.24) is 0 Å². The van der Waals surface area contributed by atoms with E-state index in [2.05, 4.69) is 123 Å². The molecule has 0 spiro atoms. The zero-order chi connectivity index (χ0) is 23.1. The molecule has 2 aliphatic carbocycles. The summed E-state index contributed by atoms with van der Waals surface area (Å²) in [6, 6.07) is 34.5. The van der Waals surface area contributed by atoms with Crippen LogP contribution in [0.25, 0.3) is 11.1 Å². The van der Waals surface area contributed by atoms with E-state index in [0.29, 0.717) is 0 Å². The SMILES string of the molecule is Cc1ccc([C](c2ccc(C)cc2)=[Ti+2]([C]2=CC=CC2)[c]2cccc3c2Cc2ccccc2-3)cc1.[Cl-].[Cl-]. The van der Waals surface area contributed by atoms with Crippen LogP contribution in [0.1, 0.15) is 39.8 Å².